The van der Waals surface area contributed by atoms with Gasteiger partial charge in [-0.05, 0) is 41.0 Å². The van der Waals surface area contributed by atoms with Gasteiger partial charge in [-0.2, -0.15) is 0 Å². The normalized spacial score (nSPS) is 14.4. The monoisotopic (exact) mass is 590 g/mol. The smallest absolute Gasteiger partial charge is 0.223 e. The third-order valence-electron chi connectivity index (χ3n) is 8.25. The summed E-state index contributed by atoms with van der Waals surface area (Å²) in [4.78, 5) is 23.1. The molecule has 0 radical (unpaired) electrons. The lowest BCUT2D eigenvalue weighted by atomic mass is 9.91. The zero-order valence-electron chi connectivity index (χ0n) is 25.3. The Bertz CT molecular complexity index is 1660. The van der Waals surface area contributed by atoms with Crippen LogP contribution in [0.5, 0.6) is 17.2 Å². The van der Waals surface area contributed by atoms with Crippen molar-refractivity contribution in [3.63, 3.8) is 0 Å². The number of nitrogens with zero attached hydrogens (tertiary/aromatic N) is 4. The molecule has 3 aromatic carbocycles. The zero-order chi connectivity index (χ0) is 30.3. The zero-order valence-corrected chi connectivity index (χ0v) is 25.3. The van der Waals surface area contributed by atoms with Crippen molar-refractivity contribution in [3.8, 4) is 17.2 Å². The minimum atomic E-state index is -0.284. The van der Waals surface area contributed by atoms with E-state index in [2.05, 4.69) is 29.2 Å². The summed E-state index contributed by atoms with van der Waals surface area (Å²) in [6.45, 7) is 4.42. The van der Waals surface area contributed by atoms with Crippen LogP contribution in [0.3, 0.4) is 0 Å². The van der Waals surface area contributed by atoms with E-state index in [4.69, 9.17) is 19.2 Å². The van der Waals surface area contributed by atoms with Gasteiger partial charge in [0, 0.05) is 63.5 Å². The molecule has 8 nitrogen and oxygen atoms in total. The number of imidazole rings is 1. The summed E-state index contributed by atoms with van der Waals surface area (Å²) in [5.74, 6) is 1.86. The first-order chi connectivity index (χ1) is 21.6. The number of piperazine rings is 1. The number of hydrogen-bond donors (Lipinski definition) is 0. The van der Waals surface area contributed by atoms with Gasteiger partial charge >= 0.3 is 0 Å². The number of carbonyl (C=O) groups is 1. The van der Waals surface area contributed by atoms with Gasteiger partial charge < -0.3 is 23.5 Å². The lowest BCUT2D eigenvalue weighted by molar-refractivity contribution is -0.133. The molecule has 3 heterocycles. The molecule has 5 aromatic rings. The maximum atomic E-state index is 13.9. The fourth-order valence-electron chi connectivity index (χ4n) is 5.83. The number of hydrogen-bond acceptors (Lipinski definition) is 6. The van der Waals surface area contributed by atoms with Crippen LogP contribution in [0.25, 0.3) is 5.65 Å². The highest BCUT2D eigenvalue weighted by atomic mass is 16.5. The van der Waals surface area contributed by atoms with Gasteiger partial charge in [-0.25, -0.2) is 4.98 Å². The molecule has 0 N–H and O–H groups in total. The van der Waals surface area contributed by atoms with Crippen molar-refractivity contribution in [3.05, 3.63) is 126 Å². The summed E-state index contributed by atoms with van der Waals surface area (Å²) >= 11 is 0. The Hall–Kier alpha value is -4.82. The topological polar surface area (TPSA) is 68.5 Å². The SMILES string of the molecule is COc1cc(OC)cc(C(CC(=O)N2CCN(Cc3ccccc3)CC2)c2cnc3c(OCc4ccccc4)cccn23)c1. The molecule has 0 aliphatic carbocycles. The molecule has 2 aromatic heterocycles. The number of amides is 1. The first kappa shape index (κ1) is 29.3. The lowest BCUT2D eigenvalue weighted by Crippen LogP contribution is -2.48. The van der Waals surface area contributed by atoms with Crippen LogP contribution in [0.1, 0.15) is 34.7 Å². The highest BCUT2D eigenvalue weighted by Crippen LogP contribution is 2.36. The number of rotatable bonds is 11. The Morgan fingerprint density at radius 2 is 1.48 bits per heavy atom. The quantitative estimate of drug-likeness (QED) is 0.194. The molecule has 1 fully saturated rings. The van der Waals surface area contributed by atoms with Crippen molar-refractivity contribution in [1.82, 2.24) is 19.2 Å². The number of fused-ring (bicyclic) bond motifs is 1. The Morgan fingerprint density at radius 1 is 0.818 bits per heavy atom. The molecule has 226 valence electrons. The summed E-state index contributed by atoms with van der Waals surface area (Å²) in [7, 11) is 3.27. The molecule has 0 spiro atoms. The molecular formula is C36H38N4O4. The minimum absolute atomic E-state index is 0.114. The van der Waals surface area contributed by atoms with Crippen molar-refractivity contribution >= 4 is 11.6 Å². The van der Waals surface area contributed by atoms with E-state index in [0.29, 0.717) is 42.6 Å². The van der Waals surface area contributed by atoms with Gasteiger partial charge in [0.1, 0.15) is 18.1 Å². The van der Waals surface area contributed by atoms with Crippen LogP contribution in [0.15, 0.2) is 103 Å². The van der Waals surface area contributed by atoms with Crippen molar-refractivity contribution < 1.29 is 19.0 Å². The highest BCUT2D eigenvalue weighted by Gasteiger charge is 2.28. The Kier molecular flexibility index (Phi) is 9.08. The number of carbonyl (C=O) groups excluding carboxylic acids is 1. The van der Waals surface area contributed by atoms with Crippen LogP contribution in [-0.4, -0.2) is 65.5 Å². The van der Waals surface area contributed by atoms with Crippen molar-refractivity contribution in [1.29, 1.82) is 0 Å². The maximum absolute atomic E-state index is 13.9. The second-order valence-electron chi connectivity index (χ2n) is 11.1. The molecule has 1 amide bonds. The molecule has 1 saturated heterocycles. The Morgan fingerprint density at radius 3 is 2.14 bits per heavy atom. The van der Waals surface area contributed by atoms with Crippen LogP contribution in [0.4, 0.5) is 0 Å². The van der Waals surface area contributed by atoms with Crippen LogP contribution in [0.2, 0.25) is 0 Å². The van der Waals surface area contributed by atoms with Crippen LogP contribution >= 0.6 is 0 Å². The standard InChI is InChI=1S/C36H38N4O4/c1-42-30-20-29(21-31(22-30)43-2)32(23-35(41)39-18-16-38(17-19-39)25-27-10-5-3-6-11-27)33-24-37-36-34(14-9-15-40(33)36)44-26-28-12-7-4-8-13-28/h3-15,20-22,24,32H,16-19,23,25-26H2,1-2H3. The molecule has 1 unspecified atom stereocenters. The molecule has 44 heavy (non-hydrogen) atoms. The molecular weight excluding hydrogens is 552 g/mol. The van der Waals surface area contributed by atoms with E-state index in [1.165, 1.54) is 5.56 Å². The fourth-order valence-corrected chi connectivity index (χ4v) is 5.83. The largest absolute Gasteiger partial charge is 0.497 e. The molecule has 1 aliphatic rings. The van der Waals surface area contributed by atoms with E-state index >= 15 is 0 Å². The summed E-state index contributed by atoms with van der Waals surface area (Å²) in [6, 6.07) is 30.2. The van der Waals surface area contributed by atoms with Crippen molar-refractivity contribution in [2.24, 2.45) is 0 Å². The van der Waals surface area contributed by atoms with Gasteiger partial charge in [-0.15, -0.1) is 0 Å². The van der Waals surface area contributed by atoms with Crippen LogP contribution < -0.4 is 14.2 Å². The van der Waals surface area contributed by atoms with Crippen molar-refractivity contribution in [2.45, 2.75) is 25.5 Å². The van der Waals surface area contributed by atoms with Gasteiger partial charge in [0.2, 0.25) is 5.91 Å². The summed E-state index contributed by atoms with van der Waals surface area (Å²) in [5, 5.41) is 0. The minimum Gasteiger partial charge on any atom is -0.497 e. The van der Waals surface area contributed by atoms with E-state index < -0.39 is 0 Å². The van der Waals surface area contributed by atoms with E-state index in [1.54, 1.807) is 14.2 Å². The second kappa shape index (κ2) is 13.7. The van der Waals surface area contributed by atoms with Crippen molar-refractivity contribution in [2.75, 3.05) is 40.4 Å². The number of ether oxygens (including phenoxy) is 3. The predicted molar refractivity (Wildman–Crippen MR) is 170 cm³/mol. The van der Waals surface area contributed by atoms with Crippen LogP contribution in [0, 0.1) is 0 Å². The lowest BCUT2D eigenvalue weighted by Gasteiger charge is -2.35. The molecule has 0 bridgehead atoms. The van der Waals surface area contributed by atoms with Gasteiger partial charge in [0.15, 0.2) is 11.4 Å². The Labute approximate surface area is 258 Å². The third kappa shape index (κ3) is 6.71. The first-order valence-corrected chi connectivity index (χ1v) is 15.0. The number of methoxy groups -OCH3 is 2. The van der Waals surface area contributed by atoms with Gasteiger partial charge in [0.05, 0.1) is 19.9 Å². The molecule has 8 heteroatoms. The number of pyridine rings is 1. The summed E-state index contributed by atoms with van der Waals surface area (Å²) < 4.78 is 19.4. The molecule has 6 rings (SSSR count). The van der Waals surface area contributed by atoms with E-state index in [1.807, 2.05) is 88.4 Å². The maximum Gasteiger partial charge on any atom is 0.223 e. The van der Waals surface area contributed by atoms with E-state index in [9.17, 15) is 4.79 Å². The molecule has 1 aliphatic heterocycles. The summed E-state index contributed by atoms with van der Waals surface area (Å²) in [6.07, 6.45) is 4.12. The third-order valence-corrected chi connectivity index (χ3v) is 8.25. The fraction of sp³-hybridized carbons (Fsp3) is 0.278. The van der Waals surface area contributed by atoms with E-state index in [0.717, 1.165) is 36.5 Å². The number of aromatic nitrogens is 2. The molecule has 1 atom stereocenters. The predicted octanol–water partition coefficient (Wildman–Crippen LogP) is 5.80. The molecule has 0 saturated carbocycles. The van der Waals surface area contributed by atoms with Gasteiger partial charge in [0.25, 0.3) is 0 Å². The number of benzene rings is 3. The van der Waals surface area contributed by atoms with Gasteiger partial charge in [-0.3, -0.25) is 9.69 Å². The average Bonchev–Trinajstić information content (AvgIpc) is 3.51. The second-order valence-corrected chi connectivity index (χ2v) is 11.1. The average molecular weight is 591 g/mol. The van der Waals surface area contributed by atoms with E-state index in [-0.39, 0.29) is 18.2 Å². The summed E-state index contributed by atoms with van der Waals surface area (Å²) in [5.41, 5.74) is 4.91. The highest BCUT2D eigenvalue weighted by molar-refractivity contribution is 5.78. The van der Waals surface area contributed by atoms with Gasteiger partial charge in [-0.1, -0.05) is 60.7 Å². The first-order valence-electron chi connectivity index (χ1n) is 15.0. The Balaban J connectivity index is 1.26. The van der Waals surface area contributed by atoms with Crippen LogP contribution in [-0.2, 0) is 17.9 Å².